The van der Waals surface area contributed by atoms with Gasteiger partial charge in [0.2, 0.25) is 0 Å². The van der Waals surface area contributed by atoms with Gasteiger partial charge in [0.25, 0.3) is 5.91 Å². The number of hydrogen-bond donors (Lipinski definition) is 3. The number of aliphatic carboxylic acids is 1. The van der Waals surface area contributed by atoms with Crippen molar-refractivity contribution in [3.8, 4) is 11.1 Å². The lowest BCUT2D eigenvalue weighted by Crippen LogP contribution is -2.31. The number of carbonyl (C=O) groups is 3. The molecule has 0 heterocycles. The topological polar surface area (TPSA) is 105 Å². The summed E-state index contributed by atoms with van der Waals surface area (Å²) in [4.78, 5) is 35.7. The van der Waals surface area contributed by atoms with Crippen LogP contribution < -0.4 is 10.6 Å². The summed E-state index contributed by atoms with van der Waals surface area (Å²) in [6.07, 6.45) is -0.617. The Bertz CT molecular complexity index is 1160. The fourth-order valence-corrected chi connectivity index (χ4v) is 3.93. The molecule has 2 amide bonds. The Morgan fingerprint density at radius 3 is 2.21 bits per heavy atom. The zero-order chi connectivity index (χ0) is 23.4. The van der Waals surface area contributed by atoms with Crippen LogP contribution in [0.2, 0.25) is 0 Å². The molecule has 0 aromatic heterocycles. The van der Waals surface area contributed by atoms with E-state index in [0.717, 1.165) is 22.3 Å². The van der Waals surface area contributed by atoms with E-state index in [1.54, 1.807) is 18.2 Å². The molecule has 0 saturated carbocycles. The van der Waals surface area contributed by atoms with Gasteiger partial charge in [-0.15, -0.1) is 0 Å². The van der Waals surface area contributed by atoms with Gasteiger partial charge in [-0.2, -0.15) is 0 Å². The minimum atomic E-state index is -0.985. The van der Waals surface area contributed by atoms with Gasteiger partial charge in [-0.1, -0.05) is 61.5 Å². The van der Waals surface area contributed by atoms with Crippen LogP contribution in [0.4, 0.5) is 10.5 Å². The number of carboxylic acids is 1. The second-order valence-electron chi connectivity index (χ2n) is 7.98. The number of rotatable bonds is 7. The lowest BCUT2D eigenvalue weighted by Gasteiger charge is -2.15. The number of carbonyl (C=O) groups excluding carboxylic acids is 2. The summed E-state index contributed by atoms with van der Waals surface area (Å²) < 4.78 is 5.53. The molecule has 0 spiro atoms. The Balaban J connectivity index is 1.38. The number of nitrogens with one attached hydrogen (secondary N) is 2. The molecule has 3 N–H and O–H groups in total. The molecule has 1 aliphatic rings. The van der Waals surface area contributed by atoms with E-state index in [9.17, 15) is 14.4 Å². The van der Waals surface area contributed by atoms with Crippen molar-refractivity contribution in [2.75, 3.05) is 18.5 Å². The van der Waals surface area contributed by atoms with Crippen LogP contribution >= 0.6 is 0 Å². The van der Waals surface area contributed by atoms with Gasteiger partial charge in [0, 0.05) is 23.7 Å². The monoisotopic (exact) mass is 444 g/mol. The van der Waals surface area contributed by atoms with E-state index in [4.69, 9.17) is 9.84 Å². The average Bonchev–Trinajstić information content (AvgIpc) is 3.15. The molecule has 0 bridgehead atoms. The molecule has 0 aliphatic heterocycles. The van der Waals surface area contributed by atoms with Crippen molar-refractivity contribution < 1.29 is 24.2 Å². The summed E-state index contributed by atoms with van der Waals surface area (Å²) in [5, 5.41) is 14.2. The number of amides is 2. The van der Waals surface area contributed by atoms with Crippen LogP contribution in [0.5, 0.6) is 0 Å². The molecule has 168 valence electrons. The van der Waals surface area contributed by atoms with Gasteiger partial charge in [0.1, 0.15) is 6.61 Å². The maximum absolute atomic E-state index is 12.5. The van der Waals surface area contributed by atoms with Crippen LogP contribution in [-0.2, 0) is 9.53 Å². The fraction of sp³-hybridized carbons (Fsp3) is 0.192. The van der Waals surface area contributed by atoms with Gasteiger partial charge < -0.3 is 15.2 Å². The first-order valence-corrected chi connectivity index (χ1v) is 10.7. The number of ether oxygens (including phenoxy) is 1. The van der Waals surface area contributed by atoms with Gasteiger partial charge in [0.15, 0.2) is 0 Å². The van der Waals surface area contributed by atoms with Crippen molar-refractivity contribution >= 4 is 23.7 Å². The fourth-order valence-electron chi connectivity index (χ4n) is 3.93. The third-order valence-electron chi connectivity index (χ3n) is 5.71. The predicted octanol–water partition coefficient (Wildman–Crippen LogP) is 4.50. The Hall–Kier alpha value is -4.13. The summed E-state index contributed by atoms with van der Waals surface area (Å²) in [7, 11) is 0. The first-order valence-electron chi connectivity index (χ1n) is 10.7. The molecular weight excluding hydrogens is 420 g/mol. The highest BCUT2D eigenvalue weighted by Gasteiger charge is 2.29. The van der Waals surface area contributed by atoms with Crippen molar-refractivity contribution in [1.82, 2.24) is 5.32 Å². The normalized spacial score (nSPS) is 12.9. The molecule has 4 rings (SSSR count). The molecule has 1 atom stereocenters. The van der Waals surface area contributed by atoms with Crippen molar-refractivity contribution in [2.45, 2.75) is 12.8 Å². The van der Waals surface area contributed by atoms with Crippen molar-refractivity contribution in [2.24, 2.45) is 5.92 Å². The molecule has 0 radical (unpaired) electrons. The third-order valence-corrected chi connectivity index (χ3v) is 5.71. The maximum atomic E-state index is 12.5. The van der Waals surface area contributed by atoms with E-state index < -0.39 is 23.9 Å². The summed E-state index contributed by atoms with van der Waals surface area (Å²) in [5.74, 6) is -2.15. The number of hydrogen-bond acceptors (Lipinski definition) is 4. The van der Waals surface area contributed by atoms with Crippen LogP contribution in [0, 0.1) is 5.92 Å². The van der Waals surface area contributed by atoms with Crippen LogP contribution in [0.15, 0.2) is 72.8 Å². The first-order chi connectivity index (χ1) is 15.9. The van der Waals surface area contributed by atoms with E-state index in [1.165, 1.54) is 13.0 Å². The molecule has 1 unspecified atom stereocenters. The van der Waals surface area contributed by atoms with E-state index in [1.807, 2.05) is 24.3 Å². The second-order valence-corrected chi connectivity index (χ2v) is 7.98. The maximum Gasteiger partial charge on any atom is 0.411 e. The molecular formula is C26H24N2O5. The molecule has 0 fully saturated rings. The molecule has 0 saturated heterocycles. The summed E-state index contributed by atoms with van der Waals surface area (Å²) in [6, 6.07) is 22.6. The molecule has 7 heteroatoms. The molecule has 1 aliphatic carbocycles. The van der Waals surface area contributed by atoms with Gasteiger partial charge in [-0.05, 0) is 40.5 Å². The summed E-state index contributed by atoms with van der Waals surface area (Å²) >= 11 is 0. The third kappa shape index (κ3) is 4.87. The minimum Gasteiger partial charge on any atom is -0.481 e. The van der Waals surface area contributed by atoms with Gasteiger partial charge in [0.05, 0.1) is 5.92 Å². The van der Waals surface area contributed by atoms with Crippen molar-refractivity contribution in [3.05, 3.63) is 89.5 Å². The van der Waals surface area contributed by atoms with Crippen molar-refractivity contribution in [3.63, 3.8) is 0 Å². The number of benzene rings is 3. The highest BCUT2D eigenvalue weighted by atomic mass is 16.5. The summed E-state index contributed by atoms with van der Waals surface area (Å²) in [5.41, 5.74) is 5.27. The molecule has 3 aromatic carbocycles. The molecule has 33 heavy (non-hydrogen) atoms. The van der Waals surface area contributed by atoms with Gasteiger partial charge in [-0.25, -0.2) is 4.79 Å². The minimum absolute atomic E-state index is 0.0121. The lowest BCUT2D eigenvalue weighted by molar-refractivity contribution is -0.140. The molecule has 7 nitrogen and oxygen atoms in total. The lowest BCUT2D eigenvalue weighted by atomic mass is 9.98. The van der Waals surface area contributed by atoms with Crippen LogP contribution in [0.25, 0.3) is 11.1 Å². The predicted molar refractivity (Wildman–Crippen MR) is 124 cm³/mol. The Kier molecular flexibility index (Phi) is 6.40. The zero-order valence-corrected chi connectivity index (χ0v) is 18.1. The Morgan fingerprint density at radius 2 is 1.58 bits per heavy atom. The number of fused-ring (bicyclic) bond motifs is 3. The smallest absolute Gasteiger partial charge is 0.411 e. The van der Waals surface area contributed by atoms with Gasteiger partial charge >= 0.3 is 12.1 Å². The van der Waals surface area contributed by atoms with Crippen LogP contribution in [0.3, 0.4) is 0 Å². The van der Waals surface area contributed by atoms with Crippen LogP contribution in [-0.4, -0.2) is 36.2 Å². The second kappa shape index (κ2) is 9.56. The van der Waals surface area contributed by atoms with E-state index in [2.05, 4.69) is 34.9 Å². The highest BCUT2D eigenvalue weighted by Crippen LogP contribution is 2.44. The van der Waals surface area contributed by atoms with Gasteiger partial charge in [-0.3, -0.25) is 14.9 Å². The van der Waals surface area contributed by atoms with Crippen molar-refractivity contribution in [1.29, 1.82) is 0 Å². The number of anilines is 1. The average molecular weight is 444 g/mol. The first kappa shape index (κ1) is 22.1. The molecule has 3 aromatic rings. The Labute approximate surface area is 191 Å². The largest absolute Gasteiger partial charge is 0.481 e. The van der Waals surface area contributed by atoms with E-state index in [-0.39, 0.29) is 19.1 Å². The Morgan fingerprint density at radius 1 is 0.939 bits per heavy atom. The SMILES string of the molecule is CC(CNC(=O)c1cccc(NC(=O)OCC2c3ccccc3-c3ccccc32)c1)C(=O)O. The highest BCUT2D eigenvalue weighted by molar-refractivity contribution is 5.96. The quantitative estimate of drug-likeness (QED) is 0.498. The number of carboxylic acid groups (broad SMARTS) is 1. The summed E-state index contributed by atoms with van der Waals surface area (Å²) in [6.45, 7) is 1.71. The van der Waals surface area contributed by atoms with E-state index >= 15 is 0 Å². The zero-order valence-electron chi connectivity index (χ0n) is 18.1. The van der Waals surface area contributed by atoms with E-state index in [0.29, 0.717) is 11.3 Å². The van der Waals surface area contributed by atoms with Crippen LogP contribution in [0.1, 0.15) is 34.3 Å². The standard InChI is InChI=1S/C26H24N2O5/c1-16(25(30)31)14-27-24(29)17-7-6-8-18(13-17)28-26(32)33-15-23-21-11-4-2-9-19(21)20-10-3-5-12-22(20)23/h2-13,16,23H,14-15H2,1H3,(H,27,29)(H,28,32)(H,30,31).